The zero-order valence-corrected chi connectivity index (χ0v) is 8.25. The van der Waals surface area contributed by atoms with Gasteiger partial charge in [0.1, 0.15) is 5.82 Å². The van der Waals surface area contributed by atoms with Gasteiger partial charge in [-0.1, -0.05) is 11.6 Å². The average molecular weight is 210 g/mol. The molecular formula is C9H8ClN3O. The first kappa shape index (κ1) is 9.02. The minimum Gasteiger partial charge on any atom is -0.335 e. The normalized spacial score (nSPS) is 10.7. The van der Waals surface area contributed by atoms with Crippen molar-refractivity contribution in [1.82, 2.24) is 9.66 Å². The van der Waals surface area contributed by atoms with Gasteiger partial charge in [0, 0.05) is 5.02 Å². The van der Waals surface area contributed by atoms with Crippen LogP contribution in [-0.4, -0.2) is 9.66 Å². The highest BCUT2D eigenvalue weighted by Gasteiger charge is 2.05. The Bertz CT molecular complexity index is 562. The lowest BCUT2D eigenvalue weighted by Gasteiger charge is -2.04. The SMILES string of the molecule is Cc1nc2ccc(Cl)cc2c(=O)n1N. The molecule has 0 aliphatic rings. The number of rotatable bonds is 0. The Hall–Kier alpha value is -1.55. The number of aromatic nitrogens is 2. The van der Waals surface area contributed by atoms with Crippen LogP contribution in [0.1, 0.15) is 5.82 Å². The molecule has 0 saturated carbocycles. The van der Waals surface area contributed by atoms with Gasteiger partial charge in [-0.25, -0.2) is 9.66 Å². The minimum absolute atomic E-state index is 0.282. The summed E-state index contributed by atoms with van der Waals surface area (Å²) in [5.41, 5.74) is 0.327. The lowest BCUT2D eigenvalue weighted by molar-refractivity contribution is 0.852. The molecule has 2 rings (SSSR count). The third-order valence-electron chi connectivity index (χ3n) is 2.04. The van der Waals surface area contributed by atoms with Gasteiger partial charge in [0.2, 0.25) is 0 Å². The lowest BCUT2D eigenvalue weighted by Crippen LogP contribution is -2.30. The summed E-state index contributed by atoms with van der Waals surface area (Å²) in [6, 6.07) is 4.96. The van der Waals surface area contributed by atoms with E-state index >= 15 is 0 Å². The number of nitrogen functional groups attached to an aromatic ring is 1. The van der Waals surface area contributed by atoms with Crippen molar-refractivity contribution < 1.29 is 0 Å². The maximum atomic E-state index is 11.6. The number of aryl methyl sites for hydroxylation is 1. The molecule has 2 N–H and O–H groups in total. The van der Waals surface area contributed by atoms with E-state index in [0.29, 0.717) is 21.7 Å². The molecular weight excluding hydrogens is 202 g/mol. The molecule has 5 heteroatoms. The van der Waals surface area contributed by atoms with Crippen molar-refractivity contribution in [2.24, 2.45) is 0 Å². The second-order valence-corrected chi connectivity index (χ2v) is 3.43. The maximum Gasteiger partial charge on any atom is 0.279 e. The van der Waals surface area contributed by atoms with E-state index in [1.165, 1.54) is 0 Å². The van der Waals surface area contributed by atoms with Crippen LogP contribution in [0.3, 0.4) is 0 Å². The summed E-state index contributed by atoms with van der Waals surface area (Å²) >= 11 is 5.77. The van der Waals surface area contributed by atoms with Crippen molar-refractivity contribution in [2.45, 2.75) is 6.92 Å². The highest BCUT2D eigenvalue weighted by molar-refractivity contribution is 6.31. The van der Waals surface area contributed by atoms with Gasteiger partial charge < -0.3 is 5.84 Å². The van der Waals surface area contributed by atoms with Crippen LogP contribution in [0.2, 0.25) is 5.02 Å². The van der Waals surface area contributed by atoms with E-state index in [9.17, 15) is 4.79 Å². The van der Waals surface area contributed by atoms with Crippen LogP contribution in [-0.2, 0) is 0 Å². The summed E-state index contributed by atoms with van der Waals surface area (Å²) in [5, 5.41) is 0.936. The molecule has 14 heavy (non-hydrogen) atoms. The van der Waals surface area contributed by atoms with Gasteiger partial charge in [-0.3, -0.25) is 4.79 Å². The molecule has 1 heterocycles. The summed E-state index contributed by atoms with van der Waals surface area (Å²) in [7, 11) is 0. The molecule has 0 aliphatic carbocycles. The molecule has 0 aliphatic heterocycles. The number of benzene rings is 1. The van der Waals surface area contributed by atoms with Gasteiger partial charge in [-0.15, -0.1) is 0 Å². The zero-order valence-electron chi connectivity index (χ0n) is 7.49. The van der Waals surface area contributed by atoms with E-state index in [0.717, 1.165) is 4.68 Å². The Balaban J connectivity index is 2.99. The van der Waals surface area contributed by atoms with Crippen LogP contribution in [0.15, 0.2) is 23.0 Å². The highest BCUT2D eigenvalue weighted by atomic mass is 35.5. The topological polar surface area (TPSA) is 60.9 Å². The quantitative estimate of drug-likeness (QED) is 0.661. The van der Waals surface area contributed by atoms with Crippen molar-refractivity contribution in [3.63, 3.8) is 0 Å². The number of nitrogens with zero attached hydrogens (tertiary/aromatic N) is 2. The van der Waals surface area contributed by atoms with Crippen LogP contribution < -0.4 is 11.4 Å². The van der Waals surface area contributed by atoms with Crippen LogP contribution in [0.5, 0.6) is 0 Å². The third-order valence-corrected chi connectivity index (χ3v) is 2.27. The molecule has 0 amide bonds. The van der Waals surface area contributed by atoms with Crippen molar-refractivity contribution in [3.05, 3.63) is 39.4 Å². The molecule has 1 aromatic carbocycles. The van der Waals surface area contributed by atoms with Gasteiger partial charge in [0.25, 0.3) is 5.56 Å². The molecule has 0 unspecified atom stereocenters. The van der Waals surface area contributed by atoms with E-state index in [2.05, 4.69) is 4.98 Å². The van der Waals surface area contributed by atoms with Gasteiger partial charge >= 0.3 is 0 Å². The fourth-order valence-electron chi connectivity index (χ4n) is 1.28. The second kappa shape index (κ2) is 2.99. The fraction of sp³-hybridized carbons (Fsp3) is 0.111. The number of hydrogen-bond acceptors (Lipinski definition) is 3. The van der Waals surface area contributed by atoms with Gasteiger partial charge in [-0.2, -0.15) is 0 Å². The summed E-state index contributed by atoms with van der Waals surface area (Å²) in [6.45, 7) is 1.68. The van der Waals surface area contributed by atoms with E-state index in [-0.39, 0.29) is 5.56 Å². The average Bonchev–Trinajstić information content (AvgIpc) is 2.16. The summed E-state index contributed by atoms with van der Waals surface area (Å²) < 4.78 is 1.01. The number of fused-ring (bicyclic) bond motifs is 1. The zero-order chi connectivity index (χ0) is 10.3. The van der Waals surface area contributed by atoms with E-state index in [1.54, 1.807) is 25.1 Å². The van der Waals surface area contributed by atoms with E-state index < -0.39 is 0 Å². The summed E-state index contributed by atoms with van der Waals surface area (Å²) in [4.78, 5) is 15.8. The van der Waals surface area contributed by atoms with Crippen LogP contribution in [0, 0.1) is 6.92 Å². The van der Waals surface area contributed by atoms with Crippen LogP contribution in [0.25, 0.3) is 10.9 Å². The highest BCUT2D eigenvalue weighted by Crippen LogP contribution is 2.14. The Morgan fingerprint density at radius 3 is 2.93 bits per heavy atom. The molecule has 0 fully saturated rings. The Kier molecular flexibility index (Phi) is 1.93. The molecule has 0 radical (unpaired) electrons. The molecule has 0 saturated heterocycles. The lowest BCUT2D eigenvalue weighted by atomic mass is 10.2. The molecule has 0 atom stereocenters. The first-order valence-corrected chi connectivity index (χ1v) is 4.41. The summed E-state index contributed by atoms with van der Waals surface area (Å²) in [6.07, 6.45) is 0. The molecule has 1 aromatic heterocycles. The van der Waals surface area contributed by atoms with Crippen molar-refractivity contribution in [3.8, 4) is 0 Å². The first-order valence-electron chi connectivity index (χ1n) is 4.03. The predicted octanol–water partition coefficient (Wildman–Crippen LogP) is 1.07. The number of halogens is 1. The molecule has 0 bridgehead atoms. The van der Waals surface area contributed by atoms with Gasteiger partial charge in [0.05, 0.1) is 10.9 Å². The van der Waals surface area contributed by atoms with Crippen LogP contribution >= 0.6 is 11.6 Å². The first-order chi connectivity index (χ1) is 6.59. The largest absolute Gasteiger partial charge is 0.335 e. The minimum atomic E-state index is -0.282. The monoisotopic (exact) mass is 209 g/mol. The van der Waals surface area contributed by atoms with Gasteiger partial charge in [-0.05, 0) is 25.1 Å². The molecule has 4 nitrogen and oxygen atoms in total. The predicted molar refractivity (Wildman–Crippen MR) is 55.9 cm³/mol. The Morgan fingerprint density at radius 1 is 1.50 bits per heavy atom. The van der Waals surface area contributed by atoms with Crippen molar-refractivity contribution >= 4 is 22.5 Å². The number of hydrogen-bond donors (Lipinski definition) is 1. The fourth-order valence-corrected chi connectivity index (χ4v) is 1.45. The maximum absolute atomic E-state index is 11.6. The van der Waals surface area contributed by atoms with Gasteiger partial charge in [0.15, 0.2) is 0 Å². The smallest absolute Gasteiger partial charge is 0.279 e. The van der Waals surface area contributed by atoms with Crippen molar-refractivity contribution in [2.75, 3.05) is 5.84 Å². The molecule has 72 valence electrons. The van der Waals surface area contributed by atoms with Crippen LogP contribution in [0.4, 0.5) is 0 Å². The third kappa shape index (κ3) is 1.24. The second-order valence-electron chi connectivity index (χ2n) is 3.00. The number of nitrogens with two attached hydrogens (primary N) is 1. The Labute approximate surface area is 84.9 Å². The van der Waals surface area contributed by atoms with Crippen molar-refractivity contribution in [1.29, 1.82) is 0 Å². The summed E-state index contributed by atoms with van der Waals surface area (Å²) in [5.74, 6) is 5.97. The molecule has 0 spiro atoms. The van der Waals surface area contributed by atoms with E-state index in [4.69, 9.17) is 17.4 Å². The molecule has 2 aromatic rings. The standard InChI is InChI=1S/C9H8ClN3O/c1-5-12-8-3-2-6(10)4-7(8)9(14)13(5)11/h2-4H,11H2,1H3. The van der Waals surface area contributed by atoms with E-state index in [1.807, 2.05) is 0 Å². The Morgan fingerprint density at radius 2 is 2.21 bits per heavy atom.